The predicted octanol–water partition coefficient (Wildman–Crippen LogP) is -7.36. The largest absolute Gasteiger partial charge is 1.00 e. The van der Waals surface area contributed by atoms with Crippen LogP contribution in [0.1, 0.15) is 33.6 Å². The van der Waals surface area contributed by atoms with Gasteiger partial charge in [0.05, 0.1) is 0 Å². The van der Waals surface area contributed by atoms with Crippen molar-refractivity contribution in [1.29, 1.82) is 0 Å². The van der Waals surface area contributed by atoms with Gasteiger partial charge in [-0.3, -0.25) is 9.59 Å². The van der Waals surface area contributed by atoms with Crippen LogP contribution in [0.5, 0.6) is 0 Å². The Labute approximate surface area is 186 Å². The van der Waals surface area contributed by atoms with Gasteiger partial charge in [0.15, 0.2) is 12.4 Å². The molecule has 0 unspecified atom stereocenters. The molecule has 2 rings (SSSR count). The van der Waals surface area contributed by atoms with Gasteiger partial charge in [0, 0.05) is 25.2 Å². The number of unbranched alkanes of at least 4 members (excludes halogenated alkanes) is 1. The predicted molar refractivity (Wildman–Crippen MR) is 87.5 cm³/mol. The van der Waals surface area contributed by atoms with Crippen LogP contribution in [-0.4, -0.2) is 24.9 Å². The van der Waals surface area contributed by atoms with Crippen LogP contribution in [0, 0.1) is 0 Å². The number of nitrogens with zero attached hydrogens (tertiary/aromatic N) is 2. The fourth-order valence-electron chi connectivity index (χ4n) is 2.11. The van der Waals surface area contributed by atoms with Crippen molar-refractivity contribution in [2.45, 2.75) is 12.8 Å². The molecular formula is C16H22I2N6O2. The summed E-state index contributed by atoms with van der Waals surface area (Å²) in [6, 6.07) is 6.81. The minimum Gasteiger partial charge on any atom is -1.00 e. The number of halogens is 2. The lowest BCUT2D eigenvalue weighted by Crippen LogP contribution is -3.00. The van der Waals surface area contributed by atoms with Gasteiger partial charge in [0.1, 0.15) is 11.1 Å². The third kappa shape index (κ3) is 8.12. The maximum atomic E-state index is 11.9. The van der Waals surface area contributed by atoms with Gasteiger partial charge in [-0.05, 0) is 25.0 Å². The number of hydrogen-bond donors (Lipinski definition) is 4. The van der Waals surface area contributed by atoms with Gasteiger partial charge < -0.3 is 58.6 Å². The van der Waals surface area contributed by atoms with Crippen LogP contribution < -0.4 is 79.6 Å². The molecular weight excluding hydrogens is 562 g/mol. The maximum Gasteiger partial charge on any atom is 0.257 e. The van der Waals surface area contributed by atoms with Gasteiger partial charge in [-0.1, -0.05) is 9.35 Å². The zero-order valence-corrected chi connectivity index (χ0v) is 18.4. The second-order valence-corrected chi connectivity index (χ2v) is 5.30. The van der Waals surface area contributed by atoms with E-state index < -0.39 is 0 Å². The van der Waals surface area contributed by atoms with Gasteiger partial charge in [-0.25, -0.2) is 11.7 Å². The fourth-order valence-corrected chi connectivity index (χ4v) is 2.11. The summed E-state index contributed by atoms with van der Waals surface area (Å²) in [5.41, 5.74) is 1.01. The number of hydrogen-bond acceptors (Lipinski definition) is 4. The first-order valence-electron chi connectivity index (χ1n) is 7.65. The van der Waals surface area contributed by atoms with E-state index in [4.69, 9.17) is 11.7 Å². The smallest absolute Gasteiger partial charge is 0.257 e. The molecule has 2 amide bonds. The molecule has 2 aromatic rings. The topological polar surface area (TPSA) is 118 Å². The molecule has 2 heterocycles. The summed E-state index contributed by atoms with van der Waals surface area (Å²) in [5.74, 6) is 10.8. The highest BCUT2D eigenvalue weighted by molar-refractivity contribution is 5.94. The quantitative estimate of drug-likeness (QED) is 0.112. The minimum absolute atomic E-state index is 0. The van der Waals surface area contributed by atoms with Crippen LogP contribution in [0.4, 0.5) is 0 Å². The van der Waals surface area contributed by atoms with Crippen molar-refractivity contribution in [3.8, 4) is 0 Å². The summed E-state index contributed by atoms with van der Waals surface area (Å²) in [6.45, 7) is 1.06. The van der Waals surface area contributed by atoms with Gasteiger partial charge >= 0.3 is 0 Å². The first-order chi connectivity index (χ1) is 11.6. The highest BCUT2D eigenvalue weighted by Crippen LogP contribution is 1.96. The SMILES string of the molecule is N[n+]1cccc(C(=O)NCCCCNC(=O)c2ccc[n+](N)c2)c1.[I-].[I-]. The Morgan fingerprint density at radius 1 is 0.808 bits per heavy atom. The molecule has 0 aliphatic carbocycles. The Morgan fingerprint density at radius 2 is 1.19 bits per heavy atom. The molecule has 0 bridgehead atoms. The molecule has 0 saturated heterocycles. The van der Waals surface area contributed by atoms with E-state index in [0.717, 1.165) is 12.8 Å². The van der Waals surface area contributed by atoms with E-state index in [9.17, 15) is 9.59 Å². The summed E-state index contributed by atoms with van der Waals surface area (Å²) in [5, 5.41) is 5.63. The summed E-state index contributed by atoms with van der Waals surface area (Å²) < 4.78 is 2.66. The first-order valence-corrected chi connectivity index (χ1v) is 7.65. The van der Waals surface area contributed by atoms with Crippen molar-refractivity contribution in [2.75, 3.05) is 24.8 Å². The standard InChI is InChI=1S/C16H20N6O2.2HI/c17-21-9-3-5-13(11-21)15(23)19-7-1-2-8-20-16(24)14-6-4-10-22(18)12-14;;/h3-6,9-12H,1-2,7-8,17-18H2;2*1H. The van der Waals surface area contributed by atoms with Crippen LogP contribution in [0.15, 0.2) is 49.1 Å². The third-order valence-corrected chi connectivity index (χ3v) is 3.34. The lowest BCUT2D eigenvalue weighted by Gasteiger charge is -2.06. The van der Waals surface area contributed by atoms with E-state index in [0.29, 0.717) is 24.2 Å². The molecule has 0 aliphatic heterocycles. The summed E-state index contributed by atoms with van der Waals surface area (Å²) >= 11 is 0. The number of carbonyl (C=O) groups is 2. The summed E-state index contributed by atoms with van der Waals surface area (Å²) in [7, 11) is 0. The summed E-state index contributed by atoms with van der Waals surface area (Å²) in [6.07, 6.45) is 7.93. The molecule has 0 spiro atoms. The number of nitrogen functional groups attached to an aromatic ring is 2. The Bertz CT molecular complexity index is 668. The highest BCUT2D eigenvalue weighted by atomic mass is 127. The molecule has 0 aromatic carbocycles. The molecule has 0 radical (unpaired) electrons. The van der Waals surface area contributed by atoms with Crippen LogP contribution in [0.2, 0.25) is 0 Å². The van der Waals surface area contributed by atoms with Crippen molar-refractivity contribution >= 4 is 11.8 Å². The molecule has 10 heteroatoms. The number of nitrogens with two attached hydrogens (primary N) is 2. The van der Waals surface area contributed by atoms with Crippen molar-refractivity contribution in [1.82, 2.24) is 10.6 Å². The molecule has 2 aromatic heterocycles. The number of nitrogens with one attached hydrogen (secondary N) is 2. The minimum atomic E-state index is -0.171. The van der Waals surface area contributed by atoms with Crippen molar-refractivity contribution in [3.63, 3.8) is 0 Å². The van der Waals surface area contributed by atoms with Gasteiger partial charge in [0.2, 0.25) is 12.4 Å². The van der Waals surface area contributed by atoms with Crippen LogP contribution >= 0.6 is 0 Å². The first kappa shape index (κ1) is 24.3. The van der Waals surface area contributed by atoms with E-state index in [1.165, 1.54) is 9.35 Å². The number of pyridine rings is 2. The number of aromatic nitrogens is 2. The van der Waals surface area contributed by atoms with Crippen LogP contribution in [0.25, 0.3) is 0 Å². The normalized spacial score (nSPS) is 9.38. The van der Waals surface area contributed by atoms with E-state index in [1.54, 1.807) is 49.1 Å². The van der Waals surface area contributed by atoms with Crippen molar-refractivity contribution in [2.24, 2.45) is 0 Å². The Kier molecular flexibility index (Phi) is 11.8. The lowest BCUT2D eigenvalue weighted by atomic mass is 10.2. The molecule has 0 atom stereocenters. The maximum absolute atomic E-state index is 11.9. The number of amides is 2. The Morgan fingerprint density at radius 3 is 1.54 bits per heavy atom. The molecule has 0 fully saturated rings. The average Bonchev–Trinajstić information content (AvgIpc) is 2.57. The number of carbonyl (C=O) groups excluding carboxylic acids is 2. The zero-order valence-electron chi connectivity index (χ0n) is 14.1. The van der Waals surface area contributed by atoms with E-state index in [-0.39, 0.29) is 59.8 Å². The monoisotopic (exact) mass is 584 g/mol. The Hall–Kier alpha value is -1.70. The van der Waals surface area contributed by atoms with Crippen LogP contribution in [-0.2, 0) is 0 Å². The molecule has 0 aliphatic rings. The van der Waals surface area contributed by atoms with Gasteiger partial charge in [-0.15, -0.1) is 0 Å². The molecule has 0 saturated carbocycles. The summed E-state index contributed by atoms with van der Waals surface area (Å²) in [4.78, 5) is 23.8. The average molecular weight is 584 g/mol. The van der Waals surface area contributed by atoms with E-state index >= 15 is 0 Å². The number of rotatable bonds is 7. The fraction of sp³-hybridized carbons (Fsp3) is 0.250. The second-order valence-electron chi connectivity index (χ2n) is 5.30. The second kappa shape index (κ2) is 12.6. The molecule has 26 heavy (non-hydrogen) atoms. The van der Waals surface area contributed by atoms with Crippen molar-refractivity contribution in [3.05, 3.63) is 60.2 Å². The zero-order chi connectivity index (χ0) is 17.4. The van der Waals surface area contributed by atoms with E-state index in [1.807, 2.05) is 0 Å². The van der Waals surface area contributed by atoms with Crippen LogP contribution in [0.3, 0.4) is 0 Å². The third-order valence-electron chi connectivity index (χ3n) is 3.34. The molecule has 8 nitrogen and oxygen atoms in total. The van der Waals surface area contributed by atoms with Crippen molar-refractivity contribution < 1.29 is 66.9 Å². The Balaban J connectivity index is 0.00000312. The lowest BCUT2D eigenvalue weighted by molar-refractivity contribution is -0.639. The molecule has 142 valence electrons. The van der Waals surface area contributed by atoms with Gasteiger partial charge in [0.25, 0.3) is 11.8 Å². The molecule has 6 N–H and O–H groups in total. The highest BCUT2D eigenvalue weighted by Gasteiger charge is 2.10. The van der Waals surface area contributed by atoms with Gasteiger partial charge in [-0.2, -0.15) is 0 Å². The van der Waals surface area contributed by atoms with E-state index in [2.05, 4.69) is 10.6 Å².